The molecular formula is C21H23N2Na3O10S2. The number of carbonyl (C=O) groups is 2. The van der Waals surface area contributed by atoms with E-state index >= 15 is 0 Å². The molecule has 2 rings (SSSR count). The normalized spacial score (nSPS) is 15.0. The van der Waals surface area contributed by atoms with Crippen LogP contribution < -0.4 is 105 Å². The van der Waals surface area contributed by atoms with Crippen molar-refractivity contribution in [1.29, 1.82) is 0 Å². The first-order valence-corrected chi connectivity index (χ1v) is 12.8. The first-order valence-electron chi connectivity index (χ1n) is 10.3. The van der Waals surface area contributed by atoms with Gasteiger partial charge in [-0.1, -0.05) is 12.2 Å². The van der Waals surface area contributed by atoms with Gasteiger partial charge in [-0.3, -0.25) is 24.3 Å². The summed E-state index contributed by atoms with van der Waals surface area (Å²) in [6, 6.07) is 0. The number of pyridine rings is 1. The molecule has 38 heavy (non-hydrogen) atoms. The van der Waals surface area contributed by atoms with Gasteiger partial charge in [-0.15, -0.1) is 0 Å². The number of aromatic nitrogens is 1. The van der Waals surface area contributed by atoms with E-state index < -0.39 is 39.1 Å². The third-order valence-electron chi connectivity index (χ3n) is 5.43. The number of imide groups is 1. The molecule has 1 aliphatic rings. The first-order chi connectivity index (χ1) is 16.4. The molecule has 0 spiro atoms. The predicted molar refractivity (Wildman–Crippen MR) is 121 cm³/mol. The summed E-state index contributed by atoms with van der Waals surface area (Å²) in [5.74, 6) is -2.95. The number of nitrogens with zero attached hydrogens (tertiary/aromatic N) is 2. The Kier molecular flexibility index (Phi) is 19.1. The third-order valence-corrected chi connectivity index (χ3v) is 6.63. The molecule has 0 bridgehead atoms. The van der Waals surface area contributed by atoms with Crippen molar-refractivity contribution in [2.45, 2.75) is 40.0 Å². The van der Waals surface area contributed by atoms with E-state index in [0.717, 1.165) is 9.47 Å². The quantitative estimate of drug-likeness (QED) is 0.0366. The molecule has 0 unspecified atom stereocenters. The second-order valence-corrected chi connectivity index (χ2v) is 9.43. The van der Waals surface area contributed by atoms with Crippen LogP contribution in [0.1, 0.15) is 37.5 Å². The minimum atomic E-state index is -4.79. The Morgan fingerprint density at radius 1 is 1.03 bits per heavy atom. The van der Waals surface area contributed by atoms with Gasteiger partial charge in [0, 0.05) is 41.8 Å². The maximum atomic E-state index is 12.8. The van der Waals surface area contributed by atoms with Gasteiger partial charge in [0.15, 0.2) is 0 Å². The van der Waals surface area contributed by atoms with E-state index in [-0.39, 0.29) is 135 Å². The van der Waals surface area contributed by atoms with Crippen molar-refractivity contribution in [3.05, 3.63) is 55.9 Å². The minimum Gasteiger partial charge on any atom is -0.860 e. The van der Waals surface area contributed by atoms with Crippen LogP contribution in [-0.2, 0) is 41.4 Å². The van der Waals surface area contributed by atoms with E-state index in [9.17, 15) is 37.7 Å². The molecule has 1 aromatic rings. The number of carbonyl (C=O) groups excluding carboxylic acids is 2. The zero-order chi connectivity index (χ0) is 26.5. The molecule has 0 aliphatic carbocycles. The number of amides is 2. The summed E-state index contributed by atoms with van der Waals surface area (Å²) < 4.78 is 38.9. The van der Waals surface area contributed by atoms with Crippen LogP contribution in [0.25, 0.3) is 6.08 Å². The van der Waals surface area contributed by atoms with Gasteiger partial charge >= 0.3 is 88.7 Å². The number of hydrogen-bond donors (Lipinski definition) is 0. The Hall–Kier alpha value is 0.250. The summed E-state index contributed by atoms with van der Waals surface area (Å²) >= 11 is 0.574. The summed E-state index contributed by atoms with van der Waals surface area (Å²) in [4.78, 5) is 39.0. The predicted octanol–water partition coefficient (Wildman–Crippen LogP) is -9.18. The molecule has 0 N–H and O–H groups in total. The minimum absolute atomic E-state index is 0. The van der Waals surface area contributed by atoms with Crippen LogP contribution in [-0.4, -0.2) is 46.5 Å². The molecule has 12 nitrogen and oxygen atoms in total. The Bertz CT molecular complexity index is 1290. The number of hydrogen-bond acceptors (Lipinski definition) is 11. The average Bonchev–Trinajstić information content (AvgIpc) is 2.78. The third kappa shape index (κ3) is 9.67. The van der Waals surface area contributed by atoms with Crippen LogP contribution in [0.5, 0.6) is 5.88 Å². The fourth-order valence-corrected chi connectivity index (χ4v) is 4.83. The SMILES string of the molecule is CCN1C(=O)C(CSOO[O-])=C(C)/C(=C/C=Cc2c(C)c(CS(=O)(=O)[O-])c(=O)n(CC)c2[O-])C1=O.[Na+].[Na+].[Na+]. The van der Waals surface area contributed by atoms with Crippen LogP contribution in [0.15, 0.2) is 33.7 Å². The van der Waals surface area contributed by atoms with Crippen molar-refractivity contribution < 1.29 is 131 Å². The van der Waals surface area contributed by atoms with E-state index in [0.29, 0.717) is 17.6 Å². The van der Waals surface area contributed by atoms with Crippen LogP contribution >= 0.6 is 12.0 Å². The van der Waals surface area contributed by atoms with Crippen LogP contribution in [0.4, 0.5) is 0 Å². The number of likely N-dealkylation sites (N-methyl/N-ethyl adjacent to an activating group) is 1. The molecular weight excluding hydrogens is 573 g/mol. The summed E-state index contributed by atoms with van der Waals surface area (Å²) in [5.41, 5.74) is -0.470. The number of rotatable bonds is 10. The fourth-order valence-electron chi connectivity index (χ4n) is 3.59. The maximum Gasteiger partial charge on any atom is 1.00 e. The van der Waals surface area contributed by atoms with Crippen LogP contribution in [0, 0.1) is 6.92 Å². The van der Waals surface area contributed by atoms with Crippen LogP contribution in [0.2, 0.25) is 0 Å². The molecule has 2 amide bonds. The van der Waals surface area contributed by atoms with E-state index in [4.69, 9.17) is 0 Å². The Balaban J connectivity index is 0. The Morgan fingerprint density at radius 3 is 2.13 bits per heavy atom. The summed E-state index contributed by atoms with van der Waals surface area (Å²) in [5, 5.41) is 26.1. The van der Waals surface area contributed by atoms with Gasteiger partial charge in [-0.2, -0.15) is 4.33 Å². The second kappa shape index (κ2) is 17.9. The molecule has 1 aliphatic heterocycles. The van der Waals surface area contributed by atoms with Gasteiger partial charge in [0.2, 0.25) is 0 Å². The van der Waals surface area contributed by atoms with Crippen molar-refractivity contribution >= 4 is 40.1 Å². The topological polar surface area (TPSA) is 181 Å². The number of allylic oxidation sites excluding steroid dienone is 2. The zero-order valence-electron chi connectivity index (χ0n) is 22.4. The van der Waals surface area contributed by atoms with Crippen molar-refractivity contribution in [3.63, 3.8) is 0 Å². The van der Waals surface area contributed by atoms with Gasteiger partial charge in [-0.05, 0) is 56.4 Å². The molecule has 0 aromatic carbocycles. The molecule has 0 radical (unpaired) electrons. The summed E-state index contributed by atoms with van der Waals surface area (Å²) in [6.07, 6.45) is 4.02. The second-order valence-electron chi connectivity index (χ2n) is 7.37. The molecule has 192 valence electrons. The standard InChI is InChI=1S/C21H26N2O10S2.3Na/c1-5-22-18(24)14(12(3)16(20(22)26)10-34-33-32-28)8-7-9-15-13(4)17(11-35(29,30)31)21(27)23(6-2)19(15)25;;;/h7-9,25,28H,5-6,10-11H2,1-4H3,(H,29,30,31);;;/q;3*+1/p-3/b9-7?,14-8-;;;. The Labute approximate surface area is 291 Å². The monoisotopic (exact) mass is 596 g/mol. The van der Waals surface area contributed by atoms with Crippen molar-refractivity contribution in [1.82, 2.24) is 9.47 Å². The molecule has 0 saturated carbocycles. The van der Waals surface area contributed by atoms with E-state index in [2.05, 4.69) is 9.37 Å². The Morgan fingerprint density at radius 2 is 1.63 bits per heavy atom. The molecule has 0 atom stereocenters. The van der Waals surface area contributed by atoms with Gasteiger partial charge in [0.05, 0.1) is 21.6 Å². The van der Waals surface area contributed by atoms with Gasteiger partial charge in [-0.25, -0.2) is 8.42 Å². The van der Waals surface area contributed by atoms with E-state index in [1.165, 1.54) is 39.0 Å². The molecule has 2 heterocycles. The summed E-state index contributed by atoms with van der Waals surface area (Å²) in [7, 11) is -4.79. The maximum absolute atomic E-state index is 12.8. The van der Waals surface area contributed by atoms with Crippen LogP contribution in [0.3, 0.4) is 0 Å². The van der Waals surface area contributed by atoms with Crippen molar-refractivity contribution in [3.8, 4) is 5.88 Å². The summed E-state index contributed by atoms with van der Waals surface area (Å²) in [6.45, 7) is 6.06. The molecule has 0 fully saturated rings. The van der Waals surface area contributed by atoms with Gasteiger partial charge in [0.25, 0.3) is 17.4 Å². The molecule has 0 saturated heterocycles. The zero-order valence-corrected chi connectivity index (χ0v) is 30.0. The molecule has 1 aromatic heterocycles. The largest absolute Gasteiger partial charge is 1.00 e. The van der Waals surface area contributed by atoms with Crippen molar-refractivity contribution in [2.24, 2.45) is 0 Å². The van der Waals surface area contributed by atoms with Gasteiger partial charge in [0.1, 0.15) is 0 Å². The smallest absolute Gasteiger partial charge is 0.860 e. The van der Waals surface area contributed by atoms with E-state index in [1.807, 2.05) is 0 Å². The average molecular weight is 597 g/mol. The van der Waals surface area contributed by atoms with E-state index in [1.54, 1.807) is 6.92 Å². The van der Waals surface area contributed by atoms with Crippen molar-refractivity contribution in [2.75, 3.05) is 12.3 Å². The first kappa shape index (κ1) is 40.4. The van der Waals surface area contributed by atoms with Gasteiger partial charge < -0.3 is 19.5 Å². The fraction of sp³-hybridized carbons (Fsp3) is 0.381. The molecule has 17 heteroatoms.